The Morgan fingerprint density at radius 1 is 1.19 bits per heavy atom. The molecule has 2 saturated heterocycles. The quantitative estimate of drug-likeness (QED) is 0.422. The first-order valence-electron chi connectivity index (χ1n) is 11.4. The predicted octanol–water partition coefficient (Wildman–Crippen LogP) is 4.67. The fourth-order valence-electron chi connectivity index (χ4n) is 5.26. The fourth-order valence-corrected chi connectivity index (χ4v) is 5.92. The van der Waals surface area contributed by atoms with Crippen LogP contribution in [0.4, 0.5) is 22.0 Å². The number of amides is 1. The van der Waals surface area contributed by atoms with E-state index in [2.05, 4.69) is 4.72 Å². The van der Waals surface area contributed by atoms with Gasteiger partial charge < -0.3 is 9.64 Å². The third-order valence-corrected chi connectivity index (χ3v) is 7.94. The van der Waals surface area contributed by atoms with Gasteiger partial charge in [0.1, 0.15) is 17.5 Å². The molecule has 0 aromatic heterocycles. The van der Waals surface area contributed by atoms with E-state index in [1.165, 1.54) is 23.1 Å². The topological polar surface area (TPSA) is 65.4 Å². The Bertz CT molecular complexity index is 1210. The number of hydrogen-bond donors (Lipinski definition) is 1. The third kappa shape index (κ3) is 4.35. The lowest BCUT2D eigenvalue weighted by Crippen LogP contribution is -2.57. The summed E-state index contributed by atoms with van der Waals surface area (Å²) in [6.07, 6.45) is 1.38. The molecule has 2 unspecified atom stereocenters. The van der Waals surface area contributed by atoms with Crippen LogP contribution in [-0.2, 0) is 16.0 Å². The Morgan fingerprint density at radius 2 is 1.89 bits per heavy atom. The van der Waals surface area contributed by atoms with Crippen molar-refractivity contribution in [3.63, 3.8) is 0 Å². The van der Waals surface area contributed by atoms with Gasteiger partial charge in [-0.1, -0.05) is 18.2 Å². The molecule has 0 bridgehead atoms. The number of carbonyl (C=O) groups is 1. The van der Waals surface area contributed by atoms with E-state index in [1.54, 1.807) is 0 Å². The Morgan fingerprint density at radius 3 is 2.44 bits per heavy atom. The number of likely N-dealkylation sites (tertiary alicyclic amines) is 1. The highest BCUT2D eigenvalue weighted by molar-refractivity contribution is 7.97. The van der Waals surface area contributed by atoms with Crippen molar-refractivity contribution < 1.29 is 31.5 Å². The molecule has 1 spiro atoms. The highest BCUT2D eigenvalue weighted by Gasteiger charge is 2.63. The van der Waals surface area contributed by atoms with E-state index < -0.39 is 52.0 Å². The molecule has 5 nitrogen and oxygen atoms in total. The van der Waals surface area contributed by atoms with Crippen LogP contribution in [0.3, 0.4) is 0 Å². The molecule has 190 valence electrons. The van der Waals surface area contributed by atoms with E-state index in [4.69, 9.17) is 4.74 Å². The van der Waals surface area contributed by atoms with Gasteiger partial charge in [-0.3, -0.25) is 9.52 Å². The number of nitriles is 1. The lowest BCUT2D eigenvalue weighted by molar-refractivity contribution is -0.162. The highest BCUT2D eigenvalue weighted by Crippen LogP contribution is 2.56. The first-order valence-corrected chi connectivity index (χ1v) is 12.3. The van der Waals surface area contributed by atoms with E-state index in [1.807, 2.05) is 6.07 Å². The Labute approximate surface area is 208 Å². The number of rotatable bonds is 7. The number of benzene rings is 2. The van der Waals surface area contributed by atoms with Crippen LogP contribution < -0.4 is 4.72 Å². The second kappa shape index (κ2) is 9.32. The number of halogens is 5. The normalized spacial score (nSPS) is 23.5. The first-order chi connectivity index (χ1) is 17.2. The SMILES string of the molecule is N#CC1(C(=O)N2CC3(CC3)C(NSC(F)F)C2Cc2cccc(-c3cc(F)cc(F)c3)c2F)COC1. The first kappa shape index (κ1) is 25.0. The van der Waals surface area contributed by atoms with Crippen molar-refractivity contribution in [2.24, 2.45) is 10.8 Å². The molecular weight excluding hydrogens is 501 g/mol. The zero-order chi connectivity index (χ0) is 25.7. The Hall–Kier alpha value is -2.68. The van der Waals surface area contributed by atoms with Gasteiger partial charge in [0.05, 0.1) is 25.3 Å². The number of ether oxygens (including phenoxy) is 1. The van der Waals surface area contributed by atoms with Crippen molar-refractivity contribution in [1.29, 1.82) is 5.26 Å². The van der Waals surface area contributed by atoms with Crippen LogP contribution in [0.25, 0.3) is 11.1 Å². The number of carbonyl (C=O) groups excluding carboxylic acids is 1. The molecule has 3 fully saturated rings. The van der Waals surface area contributed by atoms with Gasteiger partial charge in [-0.05, 0) is 54.5 Å². The van der Waals surface area contributed by atoms with Gasteiger partial charge >= 0.3 is 0 Å². The predicted molar refractivity (Wildman–Crippen MR) is 122 cm³/mol. The molecule has 36 heavy (non-hydrogen) atoms. The third-order valence-electron chi connectivity index (χ3n) is 7.37. The Kier molecular flexibility index (Phi) is 6.47. The second-order valence-electron chi connectivity index (χ2n) is 9.66. The maximum absolute atomic E-state index is 15.7. The summed E-state index contributed by atoms with van der Waals surface area (Å²) in [5.41, 5.74) is -1.62. The highest BCUT2D eigenvalue weighted by atomic mass is 32.2. The van der Waals surface area contributed by atoms with Crippen LogP contribution >= 0.6 is 11.9 Å². The maximum Gasteiger partial charge on any atom is 0.297 e. The summed E-state index contributed by atoms with van der Waals surface area (Å²) in [6, 6.07) is 7.92. The monoisotopic (exact) mass is 523 g/mol. The standard InChI is InChI=1S/C25H22F5N3O2S/c26-16-6-15(7-17(27)9-16)18-3-1-2-14(20(18)28)8-19-21(32-36-23(29)30)24(4-5-24)11-33(19)22(34)25(10-31)12-35-13-25/h1-3,6-7,9,19,21,23,32H,4-5,8,11-13H2. The van der Waals surface area contributed by atoms with Crippen molar-refractivity contribution in [2.45, 2.75) is 37.1 Å². The molecule has 5 rings (SSSR count). The van der Waals surface area contributed by atoms with E-state index in [9.17, 15) is 27.6 Å². The Balaban J connectivity index is 1.51. The number of hydrogen-bond acceptors (Lipinski definition) is 5. The van der Waals surface area contributed by atoms with Gasteiger partial charge in [0.25, 0.3) is 5.76 Å². The molecule has 1 amide bonds. The van der Waals surface area contributed by atoms with Crippen LogP contribution in [0.5, 0.6) is 0 Å². The van der Waals surface area contributed by atoms with E-state index in [0.717, 1.165) is 12.1 Å². The minimum Gasteiger partial charge on any atom is -0.377 e. The van der Waals surface area contributed by atoms with Gasteiger partial charge in [-0.2, -0.15) is 14.0 Å². The van der Waals surface area contributed by atoms with Crippen LogP contribution in [0.1, 0.15) is 18.4 Å². The molecule has 0 radical (unpaired) electrons. The molecule has 2 aliphatic heterocycles. The number of nitrogens with one attached hydrogen (secondary N) is 1. The molecule has 2 atom stereocenters. The van der Waals surface area contributed by atoms with Crippen LogP contribution in [-0.4, -0.2) is 48.4 Å². The van der Waals surface area contributed by atoms with Crippen LogP contribution in [0, 0.1) is 39.6 Å². The molecular formula is C25H22F5N3O2S. The summed E-state index contributed by atoms with van der Waals surface area (Å²) < 4.78 is 77.3. The fraction of sp³-hybridized carbons (Fsp3) is 0.440. The number of nitrogens with zero attached hydrogens (tertiary/aromatic N) is 2. The van der Waals surface area contributed by atoms with E-state index in [0.29, 0.717) is 18.9 Å². The van der Waals surface area contributed by atoms with E-state index in [-0.39, 0.29) is 54.8 Å². The lowest BCUT2D eigenvalue weighted by atomic mass is 9.85. The average Bonchev–Trinajstić information content (AvgIpc) is 3.50. The summed E-state index contributed by atoms with van der Waals surface area (Å²) in [6.45, 7) is 0.145. The lowest BCUT2D eigenvalue weighted by Gasteiger charge is -2.39. The van der Waals surface area contributed by atoms with Gasteiger partial charge in [0, 0.05) is 29.6 Å². The zero-order valence-corrected chi connectivity index (χ0v) is 19.8. The second-order valence-corrected chi connectivity index (χ2v) is 10.5. The van der Waals surface area contributed by atoms with Gasteiger partial charge in [-0.25, -0.2) is 13.2 Å². The molecule has 1 N–H and O–H groups in total. The summed E-state index contributed by atoms with van der Waals surface area (Å²) >= 11 is 0.251. The van der Waals surface area contributed by atoms with Crippen LogP contribution in [0.15, 0.2) is 36.4 Å². The summed E-state index contributed by atoms with van der Waals surface area (Å²) in [5.74, 6) is -5.57. The largest absolute Gasteiger partial charge is 0.377 e. The van der Waals surface area contributed by atoms with Crippen molar-refractivity contribution in [1.82, 2.24) is 9.62 Å². The summed E-state index contributed by atoms with van der Waals surface area (Å²) in [5, 5.41) is 9.66. The smallest absolute Gasteiger partial charge is 0.297 e. The van der Waals surface area contributed by atoms with Gasteiger partial charge in [-0.15, -0.1) is 0 Å². The van der Waals surface area contributed by atoms with Crippen LogP contribution in [0.2, 0.25) is 0 Å². The summed E-state index contributed by atoms with van der Waals surface area (Å²) in [4.78, 5) is 15.0. The van der Waals surface area contributed by atoms with Crippen molar-refractivity contribution in [3.8, 4) is 17.2 Å². The minimum absolute atomic E-state index is 0.0165. The van der Waals surface area contributed by atoms with Gasteiger partial charge in [0.15, 0.2) is 5.41 Å². The molecule has 2 aromatic carbocycles. The molecule has 3 aliphatic rings. The molecule has 2 heterocycles. The molecule has 1 aliphatic carbocycles. The van der Waals surface area contributed by atoms with Crippen molar-refractivity contribution >= 4 is 17.9 Å². The summed E-state index contributed by atoms with van der Waals surface area (Å²) in [7, 11) is 0. The minimum atomic E-state index is -2.69. The maximum atomic E-state index is 15.7. The van der Waals surface area contributed by atoms with Crippen molar-refractivity contribution in [2.75, 3.05) is 19.8 Å². The molecule has 2 aromatic rings. The average molecular weight is 524 g/mol. The molecule has 11 heteroatoms. The van der Waals surface area contributed by atoms with Gasteiger partial charge in [0.2, 0.25) is 5.91 Å². The van der Waals surface area contributed by atoms with Crippen molar-refractivity contribution in [3.05, 3.63) is 59.4 Å². The molecule has 1 saturated carbocycles. The van der Waals surface area contributed by atoms with E-state index >= 15 is 4.39 Å². The number of alkyl halides is 2. The zero-order valence-electron chi connectivity index (χ0n) is 18.9.